The third-order valence-electron chi connectivity index (χ3n) is 2.39. The molecule has 0 aromatic heterocycles. The van der Waals surface area contributed by atoms with Crippen LogP contribution in [0.2, 0.25) is 0 Å². The van der Waals surface area contributed by atoms with Crippen LogP contribution in [0.15, 0.2) is 0 Å². The fourth-order valence-corrected chi connectivity index (χ4v) is 2.77. The number of carbonyl (C=O) groups excluding carboxylic acids is 1. The number of rotatable bonds is 5. The molecule has 18 heavy (non-hydrogen) atoms. The number of ether oxygens (including phenoxy) is 1. The zero-order valence-corrected chi connectivity index (χ0v) is 11.8. The highest BCUT2D eigenvalue weighted by molar-refractivity contribution is 7.88. The highest BCUT2D eigenvalue weighted by Gasteiger charge is 2.26. The van der Waals surface area contributed by atoms with E-state index in [0.29, 0.717) is 13.2 Å². The Morgan fingerprint density at radius 2 is 2.17 bits per heavy atom. The van der Waals surface area contributed by atoms with Gasteiger partial charge >= 0.3 is 0 Å². The molecule has 1 aliphatic rings. The second kappa shape index (κ2) is 5.96. The molecule has 8 heteroatoms. The summed E-state index contributed by atoms with van der Waals surface area (Å²) < 4.78 is 30.0. The first-order valence-electron chi connectivity index (χ1n) is 5.79. The molecule has 1 aliphatic heterocycles. The molecule has 7 nitrogen and oxygen atoms in total. The van der Waals surface area contributed by atoms with Crippen molar-refractivity contribution < 1.29 is 17.9 Å². The Balaban J connectivity index is 2.41. The number of hydrogen-bond acceptors (Lipinski definition) is 5. The van der Waals surface area contributed by atoms with Crippen LogP contribution >= 0.6 is 0 Å². The second-order valence-electron chi connectivity index (χ2n) is 5.04. The molecule has 1 atom stereocenters. The summed E-state index contributed by atoms with van der Waals surface area (Å²) in [6, 6.07) is 0. The summed E-state index contributed by atoms with van der Waals surface area (Å²) >= 11 is 0. The maximum absolute atomic E-state index is 11.8. The number of nitrogens with one attached hydrogen (secondary N) is 3. The average molecular weight is 279 g/mol. The van der Waals surface area contributed by atoms with E-state index in [1.54, 1.807) is 13.8 Å². The summed E-state index contributed by atoms with van der Waals surface area (Å²) in [6.45, 7) is 5.33. The van der Waals surface area contributed by atoms with E-state index in [4.69, 9.17) is 4.74 Å². The van der Waals surface area contributed by atoms with Gasteiger partial charge in [0.2, 0.25) is 10.0 Å². The van der Waals surface area contributed by atoms with Crippen molar-refractivity contribution in [1.29, 1.82) is 0 Å². The van der Waals surface area contributed by atoms with Gasteiger partial charge in [-0.05, 0) is 13.8 Å². The topological polar surface area (TPSA) is 96.5 Å². The minimum Gasteiger partial charge on any atom is -0.366 e. The summed E-state index contributed by atoms with van der Waals surface area (Å²) in [5, 5.41) is 5.74. The Hall–Kier alpha value is -0.700. The van der Waals surface area contributed by atoms with Crippen molar-refractivity contribution in [3.63, 3.8) is 0 Å². The molecule has 0 aromatic carbocycles. The quantitative estimate of drug-likeness (QED) is 0.564. The van der Waals surface area contributed by atoms with Crippen molar-refractivity contribution in [2.45, 2.75) is 25.5 Å². The lowest BCUT2D eigenvalue weighted by atomic mass is 10.1. The predicted octanol–water partition coefficient (Wildman–Crippen LogP) is -1.58. The molecule has 1 amide bonds. The zero-order valence-electron chi connectivity index (χ0n) is 10.9. The molecule has 1 heterocycles. The van der Waals surface area contributed by atoms with Crippen LogP contribution < -0.4 is 15.4 Å². The lowest BCUT2D eigenvalue weighted by molar-refractivity contribution is -0.134. The van der Waals surface area contributed by atoms with Crippen molar-refractivity contribution >= 4 is 15.9 Å². The molecule has 1 rings (SSSR count). The normalized spacial score (nSPS) is 21.6. The molecular formula is C10H21N3O4S. The van der Waals surface area contributed by atoms with E-state index in [1.807, 2.05) is 0 Å². The molecule has 1 unspecified atom stereocenters. The molecule has 0 spiro atoms. The molecule has 0 bridgehead atoms. The number of carbonyl (C=O) groups is 1. The van der Waals surface area contributed by atoms with Crippen molar-refractivity contribution in [2.75, 3.05) is 32.5 Å². The summed E-state index contributed by atoms with van der Waals surface area (Å²) in [6.07, 6.45) is 0.581. The summed E-state index contributed by atoms with van der Waals surface area (Å²) in [4.78, 5) is 11.8. The van der Waals surface area contributed by atoms with Crippen LogP contribution in [-0.2, 0) is 19.6 Å². The highest BCUT2D eigenvalue weighted by Crippen LogP contribution is 2.03. The Morgan fingerprint density at radius 3 is 2.67 bits per heavy atom. The maximum atomic E-state index is 11.8. The van der Waals surface area contributed by atoms with Gasteiger partial charge in [-0.3, -0.25) is 4.79 Å². The van der Waals surface area contributed by atoms with E-state index < -0.39 is 21.7 Å². The van der Waals surface area contributed by atoms with E-state index in [0.717, 1.165) is 12.8 Å². The van der Waals surface area contributed by atoms with Gasteiger partial charge in [-0.2, -0.15) is 0 Å². The van der Waals surface area contributed by atoms with E-state index >= 15 is 0 Å². The zero-order chi connectivity index (χ0) is 13.8. The first kappa shape index (κ1) is 15.4. The Morgan fingerprint density at radius 1 is 1.50 bits per heavy atom. The Kier molecular flexibility index (Phi) is 5.09. The molecule has 3 N–H and O–H groups in total. The Bertz CT molecular complexity index is 388. The van der Waals surface area contributed by atoms with Gasteiger partial charge in [0.25, 0.3) is 5.91 Å². The van der Waals surface area contributed by atoms with E-state index in [9.17, 15) is 13.2 Å². The third kappa shape index (κ3) is 5.76. The first-order chi connectivity index (χ1) is 8.20. The first-order valence-corrected chi connectivity index (χ1v) is 7.68. The molecule has 1 saturated heterocycles. The van der Waals surface area contributed by atoms with E-state index in [2.05, 4.69) is 15.4 Å². The Labute approximate surface area is 108 Å². The van der Waals surface area contributed by atoms with Crippen LogP contribution in [0, 0.1) is 0 Å². The number of hydrogen-bond donors (Lipinski definition) is 3. The van der Waals surface area contributed by atoms with Gasteiger partial charge < -0.3 is 15.4 Å². The van der Waals surface area contributed by atoms with Crippen molar-refractivity contribution in [1.82, 2.24) is 15.4 Å². The van der Waals surface area contributed by atoms with Crippen LogP contribution in [0.1, 0.15) is 13.8 Å². The van der Waals surface area contributed by atoms with Crippen LogP contribution in [-0.4, -0.2) is 58.5 Å². The molecule has 1 fully saturated rings. The third-order valence-corrected chi connectivity index (χ3v) is 3.31. The summed E-state index contributed by atoms with van der Waals surface area (Å²) in [5.41, 5.74) is -0.731. The average Bonchev–Trinajstić information content (AvgIpc) is 2.24. The minimum absolute atomic E-state index is 0.207. The van der Waals surface area contributed by atoms with Crippen molar-refractivity contribution in [3.8, 4) is 0 Å². The molecule has 0 aromatic rings. The van der Waals surface area contributed by atoms with Gasteiger partial charge in [0, 0.05) is 25.2 Å². The van der Waals surface area contributed by atoms with Gasteiger partial charge in [0.15, 0.2) is 0 Å². The van der Waals surface area contributed by atoms with E-state index in [-0.39, 0.29) is 12.5 Å². The predicted molar refractivity (Wildman–Crippen MR) is 67.7 cm³/mol. The maximum Gasteiger partial charge on any atom is 0.250 e. The van der Waals surface area contributed by atoms with E-state index in [1.165, 1.54) is 0 Å². The number of amides is 1. The highest BCUT2D eigenvalue weighted by atomic mass is 32.2. The summed E-state index contributed by atoms with van der Waals surface area (Å²) in [7, 11) is -3.30. The SMILES string of the molecule is CC(C)(CNC(=O)C1CNCCO1)NS(C)(=O)=O. The molecule has 0 radical (unpaired) electrons. The van der Waals surface area contributed by atoms with Gasteiger partial charge in [0.1, 0.15) is 6.10 Å². The molecular weight excluding hydrogens is 258 g/mol. The van der Waals surface area contributed by atoms with Crippen LogP contribution in [0.4, 0.5) is 0 Å². The molecule has 0 saturated carbocycles. The van der Waals surface area contributed by atoms with Gasteiger partial charge in [-0.25, -0.2) is 13.1 Å². The van der Waals surface area contributed by atoms with Crippen LogP contribution in [0.25, 0.3) is 0 Å². The minimum atomic E-state index is -3.30. The second-order valence-corrected chi connectivity index (χ2v) is 6.79. The molecule has 106 valence electrons. The van der Waals surface area contributed by atoms with Crippen molar-refractivity contribution in [2.24, 2.45) is 0 Å². The number of sulfonamides is 1. The summed E-state index contributed by atoms with van der Waals surface area (Å²) in [5.74, 6) is -0.231. The van der Waals surface area contributed by atoms with Gasteiger partial charge in [-0.1, -0.05) is 0 Å². The van der Waals surface area contributed by atoms with Crippen LogP contribution in [0.3, 0.4) is 0 Å². The molecule has 0 aliphatic carbocycles. The monoisotopic (exact) mass is 279 g/mol. The van der Waals surface area contributed by atoms with Crippen molar-refractivity contribution in [3.05, 3.63) is 0 Å². The lowest BCUT2D eigenvalue weighted by Crippen LogP contribution is -2.54. The standard InChI is InChI=1S/C10H21N3O4S/c1-10(2,13-18(3,15)16)7-12-9(14)8-6-11-4-5-17-8/h8,11,13H,4-7H2,1-3H3,(H,12,14). The van der Waals surface area contributed by atoms with Gasteiger partial charge in [-0.15, -0.1) is 0 Å². The smallest absolute Gasteiger partial charge is 0.250 e. The van der Waals surface area contributed by atoms with Crippen LogP contribution in [0.5, 0.6) is 0 Å². The fourth-order valence-electron chi connectivity index (χ4n) is 1.69. The fraction of sp³-hybridized carbons (Fsp3) is 0.900. The van der Waals surface area contributed by atoms with Gasteiger partial charge in [0.05, 0.1) is 12.9 Å². The number of morpholine rings is 1. The largest absolute Gasteiger partial charge is 0.366 e. The lowest BCUT2D eigenvalue weighted by Gasteiger charge is -2.28.